The number of carbonyl (C=O) groups is 1. The summed E-state index contributed by atoms with van der Waals surface area (Å²) in [6, 6.07) is -0.0526. The van der Waals surface area contributed by atoms with Crippen molar-refractivity contribution in [1.29, 1.82) is 0 Å². The van der Waals surface area contributed by atoms with Gasteiger partial charge >= 0.3 is 11.7 Å². The Labute approximate surface area is 118 Å². The number of aromatic amines is 1. The highest BCUT2D eigenvalue weighted by atomic mass is 32.2. The van der Waals surface area contributed by atoms with Crippen molar-refractivity contribution < 1.29 is 13.9 Å². The molecule has 2 heterocycles. The van der Waals surface area contributed by atoms with Crippen LogP contribution in [-0.2, 0) is 4.74 Å². The van der Waals surface area contributed by atoms with Gasteiger partial charge < -0.3 is 9.15 Å². The van der Waals surface area contributed by atoms with E-state index in [9.17, 15) is 9.59 Å². The number of ether oxygens (including phenoxy) is 1. The molecule has 0 aliphatic rings. The van der Waals surface area contributed by atoms with Crippen LogP contribution in [0.3, 0.4) is 0 Å². The summed E-state index contributed by atoms with van der Waals surface area (Å²) in [4.78, 5) is 27.0. The van der Waals surface area contributed by atoms with E-state index in [-0.39, 0.29) is 29.3 Å². The second kappa shape index (κ2) is 5.95. The van der Waals surface area contributed by atoms with E-state index >= 15 is 0 Å². The molecule has 0 aliphatic heterocycles. The van der Waals surface area contributed by atoms with Crippen molar-refractivity contribution in [2.24, 2.45) is 0 Å². The number of nitrogens with one attached hydrogen (secondary N) is 1. The van der Waals surface area contributed by atoms with Gasteiger partial charge in [0, 0.05) is 17.8 Å². The number of hydrogen-bond donors (Lipinski definition) is 1. The van der Waals surface area contributed by atoms with Crippen LogP contribution in [0.15, 0.2) is 25.9 Å². The van der Waals surface area contributed by atoms with Crippen LogP contribution in [0.5, 0.6) is 0 Å². The molecule has 2 aromatic rings. The van der Waals surface area contributed by atoms with Crippen molar-refractivity contribution in [2.45, 2.75) is 37.2 Å². The normalized spacial score (nSPS) is 11.0. The highest BCUT2D eigenvalue weighted by Crippen LogP contribution is 2.25. The van der Waals surface area contributed by atoms with E-state index in [1.807, 2.05) is 13.8 Å². The van der Waals surface area contributed by atoms with Crippen molar-refractivity contribution in [3.05, 3.63) is 22.4 Å². The maximum absolute atomic E-state index is 11.6. The Morgan fingerprint density at radius 1 is 1.60 bits per heavy atom. The lowest BCUT2D eigenvalue weighted by Crippen LogP contribution is -2.19. The average Bonchev–Trinajstić information content (AvgIpc) is 2.97. The lowest BCUT2D eigenvalue weighted by atomic mass is 10.4. The first kappa shape index (κ1) is 14.4. The van der Waals surface area contributed by atoms with E-state index in [4.69, 9.17) is 9.15 Å². The molecule has 0 saturated heterocycles. The van der Waals surface area contributed by atoms with Gasteiger partial charge in [0.25, 0.3) is 5.22 Å². The lowest BCUT2D eigenvalue weighted by molar-refractivity contribution is 0.0519. The Balaban J connectivity index is 2.19. The van der Waals surface area contributed by atoms with Crippen LogP contribution in [0.2, 0.25) is 0 Å². The summed E-state index contributed by atoms with van der Waals surface area (Å²) in [6.07, 6.45) is 1.21. The molecule has 0 fully saturated rings. The van der Waals surface area contributed by atoms with Crippen LogP contribution in [0.25, 0.3) is 0 Å². The van der Waals surface area contributed by atoms with Crippen molar-refractivity contribution in [1.82, 2.24) is 19.7 Å². The second-order valence-electron chi connectivity index (χ2n) is 4.10. The summed E-state index contributed by atoms with van der Waals surface area (Å²) in [5, 5.41) is 6.89. The standard InChI is InChI=1S/C11H14N4O4S/c1-4-18-8(16)7-5-19-11(12-7)20-10-14-13-9(17)15(10)6(2)3/h5-6H,4H2,1-3H3,(H,13,17). The van der Waals surface area contributed by atoms with E-state index in [1.165, 1.54) is 10.8 Å². The minimum absolute atomic E-state index is 0.0526. The van der Waals surface area contributed by atoms with Gasteiger partial charge in [-0.15, -0.1) is 5.10 Å². The molecule has 108 valence electrons. The molecule has 0 unspecified atom stereocenters. The quantitative estimate of drug-likeness (QED) is 0.833. The van der Waals surface area contributed by atoms with Gasteiger partial charge in [-0.2, -0.15) is 4.98 Å². The van der Waals surface area contributed by atoms with Gasteiger partial charge in [-0.3, -0.25) is 4.57 Å². The number of hydrogen-bond acceptors (Lipinski definition) is 7. The number of esters is 1. The topological polar surface area (TPSA) is 103 Å². The van der Waals surface area contributed by atoms with Crippen molar-refractivity contribution in [2.75, 3.05) is 6.61 Å². The molecule has 2 aromatic heterocycles. The number of aromatic nitrogens is 4. The molecule has 8 nitrogen and oxygen atoms in total. The Bertz CT molecular complexity index is 657. The lowest BCUT2D eigenvalue weighted by Gasteiger charge is -2.06. The predicted molar refractivity (Wildman–Crippen MR) is 69.8 cm³/mol. The highest BCUT2D eigenvalue weighted by Gasteiger charge is 2.18. The number of H-pyrrole nitrogens is 1. The van der Waals surface area contributed by atoms with Gasteiger partial charge in [-0.25, -0.2) is 14.7 Å². The zero-order valence-corrected chi connectivity index (χ0v) is 12.1. The first-order chi connectivity index (χ1) is 9.52. The van der Waals surface area contributed by atoms with E-state index in [1.54, 1.807) is 6.92 Å². The molecule has 0 aromatic carbocycles. The Hall–Kier alpha value is -2.03. The summed E-state index contributed by atoms with van der Waals surface area (Å²) in [6.45, 7) is 5.69. The smallest absolute Gasteiger partial charge is 0.360 e. The summed E-state index contributed by atoms with van der Waals surface area (Å²) in [7, 11) is 0. The average molecular weight is 298 g/mol. The van der Waals surface area contributed by atoms with Crippen LogP contribution >= 0.6 is 11.8 Å². The summed E-state index contributed by atoms with van der Waals surface area (Å²) in [5.74, 6) is -0.550. The van der Waals surface area contributed by atoms with Gasteiger partial charge in [-0.1, -0.05) is 0 Å². The number of carbonyl (C=O) groups excluding carboxylic acids is 1. The van der Waals surface area contributed by atoms with Crippen LogP contribution in [0.1, 0.15) is 37.3 Å². The van der Waals surface area contributed by atoms with Gasteiger partial charge in [0.05, 0.1) is 6.61 Å². The molecule has 9 heteroatoms. The zero-order valence-electron chi connectivity index (χ0n) is 11.2. The first-order valence-corrected chi connectivity index (χ1v) is 6.82. The summed E-state index contributed by atoms with van der Waals surface area (Å²) >= 11 is 1.05. The van der Waals surface area contributed by atoms with Crippen LogP contribution in [-0.4, -0.2) is 32.3 Å². The second-order valence-corrected chi connectivity index (χ2v) is 5.01. The van der Waals surface area contributed by atoms with E-state index in [0.29, 0.717) is 5.16 Å². The third kappa shape index (κ3) is 2.93. The molecule has 0 amide bonds. The predicted octanol–water partition coefficient (Wildman–Crippen LogP) is 1.47. The van der Waals surface area contributed by atoms with Crippen molar-refractivity contribution in [3.8, 4) is 0 Å². The molecule has 0 spiro atoms. The Morgan fingerprint density at radius 2 is 2.35 bits per heavy atom. The maximum atomic E-state index is 11.6. The third-order valence-corrected chi connectivity index (χ3v) is 3.17. The van der Waals surface area contributed by atoms with Crippen LogP contribution in [0, 0.1) is 0 Å². The Morgan fingerprint density at radius 3 is 3.00 bits per heavy atom. The number of nitrogens with zero attached hydrogens (tertiary/aromatic N) is 3. The monoisotopic (exact) mass is 298 g/mol. The number of rotatable bonds is 5. The minimum Gasteiger partial charge on any atom is -0.461 e. The third-order valence-electron chi connectivity index (χ3n) is 2.33. The molecule has 2 rings (SSSR count). The molecule has 1 N–H and O–H groups in total. The van der Waals surface area contributed by atoms with Crippen molar-refractivity contribution in [3.63, 3.8) is 0 Å². The summed E-state index contributed by atoms with van der Waals surface area (Å²) in [5.41, 5.74) is -0.219. The molecule has 20 heavy (non-hydrogen) atoms. The van der Waals surface area contributed by atoms with Gasteiger partial charge in [0.1, 0.15) is 6.26 Å². The molecule has 0 atom stereocenters. The Kier molecular flexibility index (Phi) is 4.28. The van der Waals surface area contributed by atoms with Crippen molar-refractivity contribution >= 4 is 17.7 Å². The van der Waals surface area contributed by atoms with E-state index in [2.05, 4.69) is 15.2 Å². The first-order valence-electron chi connectivity index (χ1n) is 6.00. The fraction of sp³-hybridized carbons (Fsp3) is 0.455. The van der Waals surface area contributed by atoms with Crippen LogP contribution < -0.4 is 5.69 Å². The zero-order chi connectivity index (χ0) is 14.7. The van der Waals surface area contributed by atoms with Gasteiger partial charge in [0.15, 0.2) is 5.69 Å². The fourth-order valence-electron chi connectivity index (χ4n) is 1.50. The van der Waals surface area contributed by atoms with Crippen LogP contribution in [0.4, 0.5) is 0 Å². The fourth-order valence-corrected chi connectivity index (χ4v) is 2.38. The number of oxazole rings is 1. The largest absolute Gasteiger partial charge is 0.461 e. The molecular formula is C11H14N4O4S. The highest BCUT2D eigenvalue weighted by molar-refractivity contribution is 7.98. The van der Waals surface area contributed by atoms with Gasteiger partial charge in [0.2, 0.25) is 5.16 Å². The summed E-state index contributed by atoms with van der Waals surface area (Å²) < 4.78 is 11.4. The SMILES string of the molecule is CCOC(=O)c1coc(Sc2n[nH]c(=O)n2C(C)C)n1. The maximum Gasteiger partial charge on any atom is 0.360 e. The molecule has 0 radical (unpaired) electrons. The van der Waals surface area contributed by atoms with Gasteiger partial charge in [-0.05, 0) is 20.8 Å². The minimum atomic E-state index is -0.550. The molecule has 0 aliphatic carbocycles. The molecule has 0 bridgehead atoms. The molecule has 0 saturated carbocycles. The molecular weight excluding hydrogens is 284 g/mol. The van der Waals surface area contributed by atoms with E-state index < -0.39 is 5.97 Å². The van der Waals surface area contributed by atoms with E-state index in [0.717, 1.165) is 11.8 Å².